The lowest BCUT2D eigenvalue weighted by molar-refractivity contribution is 0.126. The zero-order valence-electron chi connectivity index (χ0n) is 10.5. The maximum atomic E-state index is 8.75. The highest BCUT2D eigenvalue weighted by Gasteiger charge is 2.14. The van der Waals surface area contributed by atoms with Crippen LogP contribution in [0.2, 0.25) is 0 Å². The van der Waals surface area contributed by atoms with E-state index >= 15 is 0 Å². The van der Waals surface area contributed by atoms with E-state index in [0.29, 0.717) is 30.8 Å². The Morgan fingerprint density at radius 3 is 2.88 bits per heavy atom. The number of hydrogen-bond acceptors (Lipinski definition) is 5. The second-order valence-electron chi connectivity index (χ2n) is 4.03. The normalized spacial score (nSPS) is 12.2. The Bertz CT molecular complexity index is 386. The molecule has 1 rings (SSSR count). The van der Waals surface area contributed by atoms with Crippen molar-refractivity contribution in [3.05, 3.63) is 18.0 Å². The quantitative estimate of drug-likeness (QED) is 0.813. The molecule has 1 aromatic rings. The zero-order chi connectivity index (χ0) is 12.7. The van der Waals surface area contributed by atoms with Crippen molar-refractivity contribution in [3.63, 3.8) is 0 Å². The van der Waals surface area contributed by atoms with Crippen LogP contribution in [0.1, 0.15) is 26.5 Å². The smallest absolute Gasteiger partial charge is 0.224 e. The first kappa shape index (κ1) is 13.4. The summed E-state index contributed by atoms with van der Waals surface area (Å²) in [7, 11) is 0. The van der Waals surface area contributed by atoms with E-state index in [4.69, 9.17) is 10.00 Å². The van der Waals surface area contributed by atoms with E-state index in [0.717, 1.165) is 0 Å². The number of nitrogens with one attached hydrogen (secondary N) is 1. The SMILES string of the molecule is CCOCC(Nc1nccc(C#N)n1)C(C)C. The van der Waals surface area contributed by atoms with Gasteiger partial charge in [0, 0.05) is 12.8 Å². The molecule has 0 saturated carbocycles. The third-order valence-electron chi connectivity index (χ3n) is 2.39. The number of nitriles is 1. The number of rotatable bonds is 6. The lowest BCUT2D eigenvalue weighted by atomic mass is 10.1. The molecular weight excluding hydrogens is 216 g/mol. The summed E-state index contributed by atoms with van der Waals surface area (Å²) in [6, 6.07) is 3.71. The monoisotopic (exact) mass is 234 g/mol. The Hall–Kier alpha value is -1.67. The first-order valence-corrected chi connectivity index (χ1v) is 5.74. The van der Waals surface area contributed by atoms with Gasteiger partial charge in [-0.1, -0.05) is 13.8 Å². The minimum atomic E-state index is 0.142. The van der Waals surface area contributed by atoms with Crippen LogP contribution in [0, 0.1) is 17.2 Å². The highest BCUT2D eigenvalue weighted by molar-refractivity contribution is 5.31. The first-order chi connectivity index (χ1) is 8.17. The minimum Gasteiger partial charge on any atom is -0.380 e. The predicted molar refractivity (Wildman–Crippen MR) is 65.5 cm³/mol. The Morgan fingerprint density at radius 2 is 2.29 bits per heavy atom. The third-order valence-corrected chi connectivity index (χ3v) is 2.39. The molecule has 1 atom stereocenters. The fourth-order valence-corrected chi connectivity index (χ4v) is 1.30. The van der Waals surface area contributed by atoms with Gasteiger partial charge in [0.25, 0.3) is 0 Å². The molecular formula is C12H18N4O. The number of anilines is 1. The van der Waals surface area contributed by atoms with Crippen molar-refractivity contribution in [2.75, 3.05) is 18.5 Å². The molecule has 1 unspecified atom stereocenters. The van der Waals surface area contributed by atoms with E-state index in [-0.39, 0.29) is 6.04 Å². The maximum Gasteiger partial charge on any atom is 0.224 e. The van der Waals surface area contributed by atoms with Crippen molar-refractivity contribution < 1.29 is 4.74 Å². The fraction of sp³-hybridized carbons (Fsp3) is 0.583. The summed E-state index contributed by atoms with van der Waals surface area (Å²) < 4.78 is 5.40. The van der Waals surface area contributed by atoms with Gasteiger partial charge >= 0.3 is 0 Å². The van der Waals surface area contributed by atoms with Crippen LogP contribution in [0.15, 0.2) is 12.3 Å². The van der Waals surface area contributed by atoms with Gasteiger partial charge in [-0.25, -0.2) is 9.97 Å². The van der Waals surface area contributed by atoms with Crippen molar-refractivity contribution in [1.82, 2.24) is 9.97 Å². The summed E-state index contributed by atoms with van der Waals surface area (Å²) >= 11 is 0. The third kappa shape index (κ3) is 4.37. The molecule has 0 amide bonds. The molecule has 0 bridgehead atoms. The van der Waals surface area contributed by atoms with Gasteiger partial charge in [-0.05, 0) is 18.9 Å². The minimum absolute atomic E-state index is 0.142. The van der Waals surface area contributed by atoms with E-state index in [1.54, 1.807) is 12.3 Å². The van der Waals surface area contributed by atoms with Crippen LogP contribution < -0.4 is 5.32 Å². The molecule has 1 aromatic heterocycles. The number of aromatic nitrogens is 2. The van der Waals surface area contributed by atoms with Crippen molar-refractivity contribution >= 4 is 5.95 Å². The molecule has 0 aromatic carbocycles. The number of nitrogens with zero attached hydrogens (tertiary/aromatic N) is 3. The maximum absolute atomic E-state index is 8.75. The number of hydrogen-bond donors (Lipinski definition) is 1. The lowest BCUT2D eigenvalue weighted by Crippen LogP contribution is -2.31. The van der Waals surface area contributed by atoms with Gasteiger partial charge in [-0.2, -0.15) is 5.26 Å². The summed E-state index contributed by atoms with van der Waals surface area (Å²) in [4.78, 5) is 8.17. The van der Waals surface area contributed by atoms with Gasteiger partial charge < -0.3 is 10.1 Å². The molecule has 0 radical (unpaired) electrons. The van der Waals surface area contributed by atoms with Crippen LogP contribution in [0.4, 0.5) is 5.95 Å². The summed E-state index contributed by atoms with van der Waals surface area (Å²) in [5.74, 6) is 0.873. The molecule has 1 N–H and O–H groups in total. The lowest BCUT2D eigenvalue weighted by Gasteiger charge is -2.21. The molecule has 0 aliphatic carbocycles. The molecule has 92 valence electrons. The van der Waals surface area contributed by atoms with Gasteiger partial charge in [0.05, 0.1) is 12.6 Å². The Balaban J connectivity index is 2.68. The molecule has 1 heterocycles. The van der Waals surface area contributed by atoms with E-state index in [2.05, 4.69) is 29.1 Å². The Morgan fingerprint density at radius 1 is 1.53 bits per heavy atom. The van der Waals surface area contributed by atoms with E-state index < -0.39 is 0 Å². The van der Waals surface area contributed by atoms with E-state index in [1.807, 2.05) is 13.0 Å². The highest BCUT2D eigenvalue weighted by Crippen LogP contribution is 2.09. The van der Waals surface area contributed by atoms with Gasteiger partial charge in [-0.3, -0.25) is 0 Å². The van der Waals surface area contributed by atoms with Crippen LogP contribution in [0.3, 0.4) is 0 Å². The molecule has 5 nitrogen and oxygen atoms in total. The van der Waals surface area contributed by atoms with Crippen LogP contribution in [0.5, 0.6) is 0 Å². The number of ether oxygens (including phenoxy) is 1. The second-order valence-corrected chi connectivity index (χ2v) is 4.03. The predicted octanol–water partition coefficient (Wildman–Crippen LogP) is 1.82. The first-order valence-electron chi connectivity index (χ1n) is 5.74. The van der Waals surface area contributed by atoms with Crippen LogP contribution in [-0.2, 0) is 4.74 Å². The van der Waals surface area contributed by atoms with Crippen molar-refractivity contribution in [2.24, 2.45) is 5.92 Å². The molecule has 0 aliphatic heterocycles. The molecule has 5 heteroatoms. The molecule has 0 aliphatic rings. The highest BCUT2D eigenvalue weighted by atomic mass is 16.5. The van der Waals surface area contributed by atoms with E-state index in [9.17, 15) is 0 Å². The second kappa shape index (κ2) is 6.81. The fourth-order valence-electron chi connectivity index (χ4n) is 1.30. The zero-order valence-corrected chi connectivity index (χ0v) is 10.5. The van der Waals surface area contributed by atoms with Gasteiger partial charge in [0.1, 0.15) is 11.8 Å². The van der Waals surface area contributed by atoms with E-state index in [1.165, 1.54) is 0 Å². The Kier molecular flexibility index (Phi) is 5.37. The summed E-state index contributed by atoms with van der Waals surface area (Å²) in [6.07, 6.45) is 1.58. The van der Waals surface area contributed by atoms with Crippen molar-refractivity contribution in [1.29, 1.82) is 5.26 Å². The average molecular weight is 234 g/mol. The van der Waals surface area contributed by atoms with Crippen molar-refractivity contribution in [2.45, 2.75) is 26.8 Å². The standard InChI is InChI=1S/C12H18N4O/c1-4-17-8-11(9(2)3)16-12-14-6-5-10(7-13)15-12/h5-6,9,11H,4,8H2,1-3H3,(H,14,15,16). The summed E-state index contributed by atoms with van der Waals surface area (Å²) in [5, 5.41) is 11.9. The van der Waals surface area contributed by atoms with Crippen molar-refractivity contribution in [3.8, 4) is 6.07 Å². The molecule has 0 spiro atoms. The van der Waals surface area contributed by atoms with Gasteiger partial charge in [0.2, 0.25) is 5.95 Å². The molecule has 0 fully saturated rings. The van der Waals surface area contributed by atoms with Crippen LogP contribution in [-0.4, -0.2) is 29.2 Å². The Labute approximate surface area is 102 Å². The topological polar surface area (TPSA) is 70.8 Å². The average Bonchev–Trinajstić information content (AvgIpc) is 2.34. The molecule has 0 saturated heterocycles. The molecule has 17 heavy (non-hydrogen) atoms. The van der Waals surface area contributed by atoms with Gasteiger partial charge in [0.15, 0.2) is 0 Å². The largest absolute Gasteiger partial charge is 0.380 e. The summed E-state index contributed by atoms with van der Waals surface area (Å²) in [5.41, 5.74) is 0.362. The summed E-state index contributed by atoms with van der Waals surface area (Å²) in [6.45, 7) is 7.46. The van der Waals surface area contributed by atoms with Crippen LogP contribution >= 0.6 is 0 Å². The van der Waals surface area contributed by atoms with Gasteiger partial charge in [-0.15, -0.1) is 0 Å². The van der Waals surface area contributed by atoms with Crippen LogP contribution in [0.25, 0.3) is 0 Å².